The topological polar surface area (TPSA) is 110 Å². The Morgan fingerprint density at radius 1 is 0.490 bits per heavy atom. The van der Waals surface area contributed by atoms with E-state index in [0.717, 1.165) is 44.1 Å². The molecule has 4 aromatic carbocycles. The Balaban J connectivity index is 1.23. The molecule has 49 heavy (non-hydrogen) atoms. The Bertz CT molecular complexity index is 1330. The van der Waals surface area contributed by atoms with Crippen LogP contribution in [0.15, 0.2) is 121 Å². The van der Waals surface area contributed by atoms with Crippen molar-refractivity contribution in [1.29, 1.82) is 0 Å². The minimum absolute atomic E-state index is 0.185. The molecule has 0 saturated heterocycles. The molecule has 4 aromatic rings. The van der Waals surface area contributed by atoms with Crippen molar-refractivity contribution in [1.82, 2.24) is 0 Å². The van der Waals surface area contributed by atoms with Gasteiger partial charge in [-0.05, 0) is 16.7 Å². The summed E-state index contributed by atoms with van der Waals surface area (Å²) in [5.74, 6) is 0. The van der Waals surface area contributed by atoms with E-state index in [1.807, 2.05) is 30.3 Å². The van der Waals surface area contributed by atoms with Crippen LogP contribution in [0.1, 0.15) is 98.5 Å². The van der Waals surface area contributed by atoms with Gasteiger partial charge in [-0.2, -0.15) is 0 Å². The van der Waals surface area contributed by atoms with Gasteiger partial charge < -0.3 is 0 Å². The normalized spacial score (nSPS) is 13.3. The van der Waals surface area contributed by atoms with Crippen LogP contribution in [0.3, 0.4) is 0 Å². The van der Waals surface area contributed by atoms with Gasteiger partial charge in [0.25, 0.3) is 0 Å². The van der Waals surface area contributed by atoms with Crippen molar-refractivity contribution in [3.63, 3.8) is 0 Å². The molecule has 0 aliphatic rings. The van der Waals surface area contributed by atoms with Crippen molar-refractivity contribution in [3.05, 3.63) is 144 Å². The zero-order valence-electron chi connectivity index (χ0n) is 28.9. The van der Waals surface area contributed by atoms with Crippen LogP contribution in [0, 0.1) is 5.41 Å². The summed E-state index contributed by atoms with van der Waals surface area (Å²) in [4.78, 5) is 22.2. The number of rotatable bonds is 23. The second-order valence-electron chi connectivity index (χ2n) is 13.6. The minimum atomic E-state index is -4.24. The summed E-state index contributed by atoms with van der Waals surface area (Å²) < 4.78 is 5.59. The van der Waals surface area contributed by atoms with Crippen LogP contribution in [-0.4, -0.2) is 51.5 Å². The van der Waals surface area contributed by atoms with Gasteiger partial charge in [0.1, 0.15) is 0 Å². The molecule has 0 aliphatic heterocycles. The summed E-state index contributed by atoms with van der Waals surface area (Å²) in [5.41, 5.74) is 2.74. The zero-order chi connectivity index (χ0) is 34.8. The van der Waals surface area contributed by atoms with Gasteiger partial charge >= 0.3 is 182 Å². The monoisotopic (exact) mass is 688 g/mol. The molecular weight excluding hydrogens is 631 g/mol. The fraction of sp³-hybridized carbons (Fsp3) is 0.429. The molecule has 5 N–H and O–H groups in total. The van der Waals surface area contributed by atoms with Gasteiger partial charge in [-0.25, -0.2) is 0 Å². The first kappa shape index (κ1) is 38.9. The van der Waals surface area contributed by atoms with Crippen LogP contribution < -0.4 is 0 Å². The average Bonchev–Trinajstić information content (AvgIpc) is 3.16. The van der Waals surface area contributed by atoms with Gasteiger partial charge in [0, 0.05) is 5.41 Å². The van der Waals surface area contributed by atoms with E-state index < -0.39 is 38.8 Å². The molecule has 0 spiro atoms. The van der Waals surface area contributed by atoms with Crippen LogP contribution >= 0.6 is 7.94 Å². The maximum atomic E-state index is 11.1. The van der Waals surface area contributed by atoms with Gasteiger partial charge in [-0.1, -0.05) is 91.0 Å². The summed E-state index contributed by atoms with van der Waals surface area (Å²) in [5, 5.41) is 28.9. The Kier molecular flexibility index (Phi) is 15.9. The maximum absolute atomic E-state index is 11.1. The van der Waals surface area contributed by atoms with E-state index >= 15 is 0 Å². The first-order valence-corrected chi connectivity index (χ1v) is 19.9. The van der Waals surface area contributed by atoms with Crippen molar-refractivity contribution >= 4 is 7.94 Å². The Morgan fingerprint density at radius 3 is 1.27 bits per heavy atom. The molecule has 4 rings (SSSR count). The summed E-state index contributed by atoms with van der Waals surface area (Å²) in [6, 6.07) is 42.2. The molecule has 0 radical (unpaired) electrons. The van der Waals surface area contributed by atoms with Gasteiger partial charge in [0.05, 0.1) is 0 Å². The molecule has 1 unspecified atom stereocenters. The Morgan fingerprint density at radius 2 is 0.857 bits per heavy atom. The summed E-state index contributed by atoms with van der Waals surface area (Å²) in [6.45, 7) is -1.88. The van der Waals surface area contributed by atoms with E-state index in [9.17, 15) is 25.1 Å². The van der Waals surface area contributed by atoms with Crippen LogP contribution in [0.25, 0.3) is 0 Å². The number of benzene rings is 4. The van der Waals surface area contributed by atoms with Crippen LogP contribution in [0.5, 0.6) is 0 Å². The number of aliphatic hydroxyl groups is 3. The van der Waals surface area contributed by atoms with E-state index in [-0.39, 0.29) is 12.0 Å². The average molecular weight is 689 g/mol. The third-order valence-corrected chi connectivity index (χ3v) is 12.2. The standard InChI is InChI=1S/C42H57O6P/c43-32-41(33-44,34-45)35-48-49(46,47)40(36-22-12-8-13-23-36)30-20-6-4-2-1-3-5-7-21-31-42(37-24-14-9-15-25-37,38-26-16-10-17-27-38)39-28-18-11-19-29-39/h8-19,22-29,40,43-47,49H,1-7,20-21,30-35H2. The number of unbranched alkanes of at least 4 members (excludes halogenated alkanes) is 8. The molecule has 0 fully saturated rings. The summed E-state index contributed by atoms with van der Waals surface area (Å²) >= 11 is 0. The molecule has 0 heterocycles. The molecule has 7 heteroatoms. The van der Waals surface area contributed by atoms with Crippen LogP contribution in [0.2, 0.25) is 0 Å². The first-order valence-electron chi connectivity index (χ1n) is 18.0. The fourth-order valence-corrected chi connectivity index (χ4v) is 8.91. The molecular formula is C42H57O6P. The molecule has 0 saturated carbocycles. The van der Waals surface area contributed by atoms with E-state index in [2.05, 4.69) is 91.0 Å². The predicted molar refractivity (Wildman–Crippen MR) is 202 cm³/mol. The zero-order valence-corrected chi connectivity index (χ0v) is 29.9. The van der Waals surface area contributed by atoms with E-state index in [4.69, 9.17) is 4.52 Å². The van der Waals surface area contributed by atoms with Crippen LogP contribution in [0.4, 0.5) is 0 Å². The van der Waals surface area contributed by atoms with E-state index in [1.165, 1.54) is 42.4 Å². The molecule has 6 nitrogen and oxygen atoms in total. The molecule has 0 amide bonds. The third kappa shape index (κ3) is 10.8. The van der Waals surface area contributed by atoms with Gasteiger partial charge in [-0.15, -0.1) is 0 Å². The van der Waals surface area contributed by atoms with Gasteiger partial charge in [0.2, 0.25) is 0 Å². The second kappa shape index (κ2) is 20.1. The molecule has 0 bridgehead atoms. The van der Waals surface area contributed by atoms with Crippen molar-refractivity contribution in [2.75, 3.05) is 26.4 Å². The summed E-state index contributed by atoms with van der Waals surface area (Å²) in [6.07, 6.45) is 11.7. The van der Waals surface area contributed by atoms with Crippen molar-refractivity contribution in [2.24, 2.45) is 5.41 Å². The Hall–Kier alpha value is -2.93. The molecule has 1 atom stereocenters. The first-order chi connectivity index (χ1) is 23.9. The van der Waals surface area contributed by atoms with E-state index in [0.29, 0.717) is 6.42 Å². The number of aliphatic hydroxyl groups excluding tert-OH is 3. The summed E-state index contributed by atoms with van der Waals surface area (Å²) in [7, 11) is -4.24. The van der Waals surface area contributed by atoms with Gasteiger partial charge in [-0.3, -0.25) is 0 Å². The molecule has 0 aromatic heterocycles. The van der Waals surface area contributed by atoms with Crippen molar-refractivity contribution in [2.45, 2.75) is 81.7 Å². The third-order valence-electron chi connectivity index (χ3n) is 10.1. The van der Waals surface area contributed by atoms with Gasteiger partial charge in [0.15, 0.2) is 0 Å². The second-order valence-corrected chi connectivity index (χ2v) is 15.9. The molecule has 266 valence electrons. The quantitative estimate of drug-likeness (QED) is 0.0304. The van der Waals surface area contributed by atoms with Crippen LogP contribution in [-0.2, 0) is 9.94 Å². The SMILES string of the molecule is OCC(CO)(CO)CO[PH](O)(O)C(CCCCCCCCCCCC(c1ccccc1)(c1ccccc1)c1ccccc1)c1ccccc1. The van der Waals surface area contributed by atoms with Crippen molar-refractivity contribution in [3.8, 4) is 0 Å². The molecule has 0 aliphatic carbocycles. The van der Waals surface area contributed by atoms with E-state index in [1.54, 1.807) is 0 Å². The number of hydrogen-bond acceptors (Lipinski definition) is 6. The predicted octanol–water partition coefficient (Wildman–Crippen LogP) is 8.51. The number of hydrogen-bond donors (Lipinski definition) is 5. The fourth-order valence-electron chi connectivity index (χ4n) is 6.98. The van der Waals surface area contributed by atoms with Crippen molar-refractivity contribution < 1.29 is 29.6 Å². The Labute approximate surface area is 294 Å².